The fraction of sp³-hybridized carbons (Fsp3) is 0.182. The lowest BCUT2D eigenvalue weighted by Gasteiger charge is -2.02. The highest BCUT2D eigenvalue weighted by atomic mass is 32.1. The van der Waals surface area contributed by atoms with E-state index >= 15 is 0 Å². The second-order valence-corrected chi connectivity index (χ2v) is 3.75. The molecule has 2 heteroatoms. The minimum absolute atomic E-state index is 0.531. The van der Waals surface area contributed by atoms with E-state index in [1.165, 1.54) is 16.0 Å². The Hall–Kier alpha value is -0.860. The molecule has 0 amide bonds. The maximum Gasteiger partial charge on any atom is 0.0723 e. The van der Waals surface area contributed by atoms with Crippen molar-refractivity contribution in [1.29, 1.82) is 0 Å². The van der Waals surface area contributed by atoms with Crippen molar-refractivity contribution in [2.45, 2.75) is 6.61 Å². The van der Waals surface area contributed by atoms with E-state index in [4.69, 9.17) is 4.74 Å². The van der Waals surface area contributed by atoms with Crippen molar-refractivity contribution in [2.24, 2.45) is 0 Å². The normalized spacial score (nSPS) is 10.8. The standard InChI is InChI=1S/C11H11OS/c1-2-12-8-9-5-6-11-10(9)4-3-7-13-11/h3-7H,1-2,8H2. The van der Waals surface area contributed by atoms with Crippen molar-refractivity contribution >= 4 is 11.3 Å². The van der Waals surface area contributed by atoms with Crippen molar-refractivity contribution in [3.63, 3.8) is 0 Å². The zero-order valence-corrected chi connectivity index (χ0v) is 8.14. The highest BCUT2D eigenvalue weighted by molar-refractivity contribution is 7.13. The summed E-state index contributed by atoms with van der Waals surface area (Å²) in [4.78, 5) is 1.32. The molecular formula is C11H11OS. The van der Waals surface area contributed by atoms with Crippen LogP contribution in [0.5, 0.6) is 0 Å². The van der Waals surface area contributed by atoms with Gasteiger partial charge in [-0.05, 0) is 29.5 Å². The van der Waals surface area contributed by atoms with Gasteiger partial charge in [-0.1, -0.05) is 18.2 Å². The average molecular weight is 191 g/mol. The minimum atomic E-state index is 0.531. The molecule has 0 saturated carbocycles. The van der Waals surface area contributed by atoms with Crippen LogP contribution in [-0.4, -0.2) is 6.61 Å². The fourth-order valence-electron chi connectivity index (χ4n) is 1.36. The van der Waals surface area contributed by atoms with Crippen LogP contribution in [0.3, 0.4) is 0 Å². The van der Waals surface area contributed by atoms with E-state index in [1.54, 1.807) is 11.3 Å². The van der Waals surface area contributed by atoms with Crippen LogP contribution < -0.4 is 0 Å². The Morgan fingerprint density at radius 2 is 2.23 bits per heavy atom. The van der Waals surface area contributed by atoms with Gasteiger partial charge in [0.1, 0.15) is 0 Å². The summed E-state index contributed by atoms with van der Waals surface area (Å²) in [5.74, 6) is 0. The third-order valence-corrected chi connectivity index (χ3v) is 2.89. The summed E-state index contributed by atoms with van der Waals surface area (Å²) in [6.07, 6.45) is 0. The lowest BCUT2D eigenvalue weighted by atomic mass is 10.2. The molecule has 67 valence electrons. The molecule has 1 aliphatic heterocycles. The van der Waals surface area contributed by atoms with Gasteiger partial charge < -0.3 is 4.74 Å². The molecule has 13 heavy (non-hydrogen) atoms. The lowest BCUT2D eigenvalue weighted by Crippen LogP contribution is -1.90. The van der Waals surface area contributed by atoms with E-state index in [0.29, 0.717) is 13.2 Å². The van der Waals surface area contributed by atoms with Crippen LogP contribution in [0.1, 0.15) is 5.56 Å². The Morgan fingerprint density at radius 3 is 3.08 bits per heavy atom. The Labute approximate surface area is 82.3 Å². The molecule has 0 bridgehead atoms. The Balaban J connectivity index is 2.27. The van der Waals surface area contributed by atoms with Gasteiger partial charge in [0.15, 0.2) is 0 Å². The van der Waals surface area contributed by atoms with Crippen molar-refractivity contribution in [2.75, 3.05) is 6.61 Å². The molecule has 0 unspecified atom stereocenters. The maximum absolute atomic E-state index is 5.28. The molecule has 0 aromatic carbocycles. The van der Waals surface area contributed by atoms with Gasteiger partial charge in [0, 0.05) is 11.5 Å². The fourth-order valence-corrected chi connectivity index (χ4v) is 2.14. The topological polar surface area (TPSA) is 9.23 Å². The first-order chi connectivity index (χ1) is 6.42. The Morgan fingerprint density at radius 1 is 1.31 bits per heavy atom. The summed E-state index contributed by atoms with van der Waals surface area (Å²) < 4.78 is 5.28. The molecule has 0 aromatic heterocycles. The molecule has 2 rings (SSSR count). The van der Waals surface area contributed by atoms with Gasteiger partial charge in [0.25, 0.3) is 0 Å². The maximum atomic E-state index is 5.28. The highest BCUT2D eigenvalue weighted by Crippen LogP contribution is 2.31. The van der Waals surface area contributed by atoms with Gasteiger partial charge in [-0.3, -0.25) is 0 Å². The monoisotopic (exact) mass is 191 g/mol. The smallest absolute Gasteiger partial charge is 0.0723 e. The van der Waals surface area contributed by atoms with E-state index in [1.807, 2.05) is 0 Å². The molecule has 0 saturated heterocycles. The van der Waals surface area contributed by atoms with Gasteiger partial charge in [-0.2, -0.15) is 0 Å². The zero-order chi connectivity index (χ0) is 9.10. The first-order valence-corrected chi connectivity index (χ1v) is 5.12. The molecule has 0 spiro atoms. The largest absolute Gasteiger partial charge is 0.377 e. The number of rotatable bonds is 3. The molecule has 0 fully saturated rings. The summed E-state index contributed by atoms with van der Waals surface area (Å²) in [7, 11) is 0. The molecule has 1 heterocycles. The first kappa shape index (κ1) is 8.73. The van der Waals surface area contributed by atoms with Gasteiger partial charge in [-0.15, -0.1) is 11.3 Å². The predicted molar refractivity (Wildman–Crippen MR) is 56.0 cm³/mol. The predicted octanol–water partition coefficient (Wildman–Crippen LogP) is 3.20. The summed E-state index contributed by atoms with van der Waals surface area (Å²) in [6, 6.07) is 8.47. The molecule has 2 aliphatic rings. The summed E-state index contributed by atoms with van der Waals surface area (Å²) in [5.41, 5.74) is 2.57. The van der Waals surface area contributed by atoms with E-state index in [0.717, 1.165) is 0 Å². The molecule has 1 radical (unpaired) electrons. The summed E-state index contributed by atoms with van der Waals surface area (Å²) in [6.45, 7) is 4.85. The van der Waals surface area contributed by atoms with Gasteiger partial charge in [0.05, 0.1) is 6.61 Å². The van der Waals surface area contributed by atoms with Crippen LogP contribution in [0.2, 0.25) is 0 Å². The molecule has 1 aliphatic carbocycles. The third-order valence-electron chi connectivity index (χ3n) is 1.99. The van der Waals surface area contributed by atoms with E-state index in [-0.39, 0.29) is 0 Å². The van der Waals surface area contributed by atoms with Crippen LogP contribution in [0.4, 0.5) is 0 Å². The molecule has 0 atom stereocenters. The van der Waals surface area contributed by atoms with Gasteiger partial charge in [0.2, 0.25) is 0 Å². The number of hydrogen-bond donors (Lipinski definition) is 0. The van der Waals surface area contributed by atoms with Gasteiger partial charge in [-0.25, -0.2) is 0 Å². The van der Waals surface area contributed by atoms with E-state index < -0.39 is 0 Å². The number of fused-ring (bicyclic) bond motifs is 1. The van der Waals surface area contributed by atoms with Crippen molar-refractivity contribution in [3.8, 4) is 10.4 Å². The molecule has 0 aromatic rings. The Bertz CT molecular complexity index is 353. The first-order valence-electron chi connectivity index (χ1n) is 4.24. The second-order valence-electron chi connectivity index (χ2n) is 2.80. The van der Waals surface area contributed by atoms with Crippen LogP contribution in [0.15, 0.2) is 29.6 Å². The highest BCUT2D eigenvalue weighted by Gasteiger charge is 2.07. The van der Waals surface area contributed by atoms with Gasteiger partial charge >= 0.3 is 0 Å². The number of hydrogen-bond acceptors (Lipinski definition) is 2. The molecular weight excluding hydrogens is 180 g/mol. The van der Waals surface area contributed by atoms with Crippen LogP contribution in [0, 0.1) is 6.92 Å². The Kier molecular flexibility index (Phi) is 2.62. The third kappa shape index (κ3) is 1.74. The minimum Gasteiger partial charge on any atom is -0.377 e. The van der Waals surface area contributed by atoms with E-state index in [9.17, 15) is 0 Å². The number of ether oxygens (including phenoxy) is 1. The second kappa shape index (κ2) is 3.90. The zero-order valence-electron chi connectivity index (χ0n) is 7.32. The molecule has 0 N–H and O–H groups in total. The SMILES string of the molecule is [CH2]COCc1ccc2scccc1-2. The van der Waals surface area contributed by atoms with Crippen LogP contribution >= 0.6 is 11.3 Å². The van der Waals surface area contributed by atoms with Crippen LogP contribution in [0.25, 0.3) is 10.4 Å². The summed E-state index contributed by atoms with van der Waals surface area (Å²) >= 11 is 1.76. The average Bonchev–Trinajstić information content (AvgIpc) is 2.58. The quantitative estimate of drug-likeness (QED) is 0.724. The van der Waals surface area contributed by atoms with E-state index in [2.05, 4.69) is 36.6 Å². The lowest BCUT2D eigenvalue weighted by molar-refractivity contribution is 0.148. The van der Waals surface area contributed by atoms with Crippen molar-refractivity contribution in [1.82, 2.24) is 0 Å². The van der Waals surface area contributed by atoms with Crippen molar-refractivity contribution < 1.29 is 4.74 Å². The summed E-state index contributed by atoms with van der Waals surface area (Å²) in [5, 5.41) is 2.09. The van der Waals surface area contributed by atoms with Crippen molar-refractivity contribution in [3.05, 3.63) is 42.1 Å². The van der Waals surface area contributed by atoms with Crippen LogP contribution in [-0.2, 0) is 11.3 Å². The molecule has 1 nitrogen and oxygen atoms in total.